The van der Waals surface area contributed by atoms with E-state index in [2.05, 4.69) is 13.8 Å². The molecule has 1 aromatic rings. The van der Waals surface area contributed by atoms with Crippen LogP contribution in [0.1, 0.15) is 67.4 Å². The van der Waals surface area contributed by atoms with Crippen LogP contribution >= 0.6 is 0 Å². The lowest BCUT2D eigenvalue weighted by atomic mass is 9.98. The largest absolute Gasteiger partial charge is 0.507 e. The second kappa shape index (κ2) is 7.93. The molecule has 0 atom stereocenters. The summed E-state index contributed by atoms with van der Waals surface area (Å²) in [6.07, 6.45) is 6.58. The standard InChI is InChI=1S/C17H26O3/c1-12(2)8-6-4-5-7-9-14-10-13(3)11-15(16(14)18)17(19)20/h10-12,18H,4-9H2,1-3H3,(H,19,20). The second-order valence-electron chi connectivity index (χ2n) is 5.97. The van der Waals surface area contributed by atoms with Gasteiger partial charge in [-0.2, -0.15) is 0 Å². The van der Waals surface area contributed by atoms with Crippen molar-refractivity contribution in [2.75, 3.05) is 0 Å². The summed E-state index contributed by atoms with van der Waals surface area (Å²) in [6, 6.07) is 3.40. The van der Waals surface area contributed by atoms with Gasteiger partial charge in [-0.1, -0.05) is 45.6 Å². The Morgan fingerprint density at radius 2 is 1.80 bits per heavy atom. The minimum Gasteiger partial charge on any atom is -0.507 e. The number of unbranched alkanes of at least 4 members (excludes halogenated alkanes) is 3. The van der Waals surface area contributed by atoms with Crippen LogP contribution in [0.5, 0.6) is 5.75 Å². The molecule has 1 aromatic carbocycles. The van der Waals surface area contributed by atoms with E-state index < -0.39 is 5.97 Å². The van der Waals surface area contributed by atoms with Crippen molar-refractivity contribution in [2.45, 2.75) is 59.3 Å². The second-order valence-corrected chi connectivity index (χ2v) is 5.97. The Morgan fingerprint density at radius 1 is 1.15 bits per heavy atom. The molecule has 0 aliphatic rings. The van der Waals surface area contributed by atoms with Crippen molar-refractivity contribution in [3.05, 3.63) is 28.8 Å². The first-order valence-electron chi connectivity index (χ1n) is 7.47. The molecule has 0 aliphatic heterocycles. The summed E-state index contributed by atoms with van der Waals surface area (Å²) in [4.78, 5) is 11.0. The lowest BCUT2D eigenvalue weighted by molar-refractivity contribution is 0.0693. The van der Waals surface area contributed by atoms with Gasteiger partial charge in [0.05, 0.1) is 0 Å². The molecular weight excluding hydrogens is 252 g/mol. The third-order valence-electron chi connectivity index (χ3n) is 3.54. The number of hydrogen-bond acceptors (Lipinski definition) is 2. The molecule has 0 aliphatic carbocycles. The first kappa shape index (κ1) is 16.5. The maximum absolute atomic E-state index is 11.0. The number of aromatic hydroxyl groups is 1. The number of phenols is 1. The smallest absolute Gasteiger partial charge is 0.339 e. The van der Waals surface area contributed by atoms with E-state index in [0.29, 0.717) is 0 Å². The van der Waals surface area contributed by atoms with Crippen LogP contribution in [0.15, 0.2) is 12.1 Å². The van der Waals surface area contributed by atoms with Gasteiger partial charge in [0.15, 0.2) is 0 Å². The quantitative estimate of drug-likeness (QED) is 0.686. The molecule has 0 unspecified atom stereocenters. The normalized spacial score (nSPS) is 11.0. The van der Waals surface area contributed by atoms with Crippen LogP contribution in [0.25, 0.3) is 0 Å². The zero-order chi connectivity index (χ0) is 15.1. The molecule has 0 fully saturated rings. The number of carbonyl (C=O) groups is 1. The highest BCUT2D eigenvalue weighted by molar-refractivity contribution is 5.91. The van der Waals surface area contributed by atoms with E-state index in [1.54, 1.807) is 0 Å². The van der Waals surface area contributed by atoms with Crippen LogP contribution in [-0.2, 0) is 6.42 Å². The fraction of sp³-hybridized carbons (Fsp3) is 0.588. The molecule has 2 N–H and O–H groups in total. The minimum atomic E-state index is -1.07. The number of aryl methyl sites for hydroxylation is 2. The van der Waals surface area contributed by atoms with Gasteiger partial charge >= 0.3 is 5.97 Å². The van der Waals surface area contributed by atoms with E-state index in [9.17, 15) is 9.90 Å². The Balaban J connectivity index is 2.50. The molecule has 0 heterocycles. The molecule has 0 amide bonds. The zero-order valence-corrected chi connectivity index (χ0v) is 12.8. The summed E-state index contributed by atoms with van der Waals surface area (Å²) < 4.78 is 0. The molecule has 0 radical (unpaired) electrons. The van der Waals surface area contributed by atoms with Gasteiger partial charge in [0.1, 0.15) is 11.3 Å². The first-order chi connectivity index (χ1) is 9.41. The molecule has 3 heteroatoms. The lowest BCUT2D eigenvalue weighted by Crippen LogP contribution is -2.00. The molecule has 1 rings (SSSR count). The van der Waals surface area contributed by atoms with Crippen molar-refractivity contribution in [2.24, 2.45) is 5.92 Å². The summed E-state index contributed by atoms with van der Waals surface area (Å²) in [5.74, 6) is -0.372. The fourth-order valence-corrected chi connectivity index (χ4v) is 2.43. The highest BCUT2D eigenvalue weighted by Gasteiger charge is 2.14. The van der Waals surface area contributed by atoms with Crippen molar-refractivity contribution in [3.8, 4) is 5.75 Å². The van der Waals surface area contributed by atoms with Gasteiger partial charge < -0.3 is 10.2 Å². The number of carboxylic acids is 1. The predicted molar refractivity (Wildman–Crippen MR) is 81.4 cm³/mol. The van der Waals surface area contributed by atoms with Gasteiger partial charge in [-0.15, -0.1) is 0 Å². The van der Waals surface area contributed by atoms with Crippen LogP contribution < -0.4 is 0 Å². The maximum atomic E-state index is 11.0. The summed E-state index contributed by atoms with van der Waals surface area (Å²) in [5, 5.41) is 19.0. The highest BCUT2D eigenvalue weighted by Crippen LogP contribution is 2.26. The van der Waals surface area contributed by atoms with E-state index >= 15 is 0 Å². The number of aromatic carboxylic acids is 1. The van der Waals surface area contributed by atoms with Crippen molar-refractivity contribution in [1.29, 1.82) is 0 Å². The Kier molecular flexibility index (Phi) is 6.56. The predicted octanol–water partition coefficient (Wildman–Crippen LogP) is 4.55. The van der Waals surface area contributed by atoms with E-state index in [1.807, 2.05) is 13.0 Å². The van der Waals surface area contributed by atoms with Crippen molar-refractivity contribution in [3.63, 3.8) is 0 Å². The van der Waals surface area contributed by atoms with Crippen LogP contribution in [0.3, 0.4) is 0 Å². The van der Waals surface area contributed by atoms with E-state index in [4.69, 9.17) is 5.11 Å². The SMILES string of the molecule is Cc1cc(CCCCCCC(C)C)c(O)c(C(=O)O)c1. The van der Waals surface area contributed by atoms with E-state index in [1.165, 1.54) is 25.3 Å². The van der Waals surface area contributed by atoms with Gasteiger partial charge in [0.25, 0.3) is 0 Å². The number of rotatable bonds is 8. The van der Waals surface area contributed by atoms with Crippen molar-refractivity contribution >= 4 is 5.97 Å². The van der Waals surface area contributed by atoms with Gasteiger partial charge in [0.2, 0.25) is 0 Å². The third-order valence-corrected chi connectivity index (χ3v) is 3.54. The molecular formula is C17H26O3. The molecule has 0 saturated heterocycles. The highest BCUT2D eigenvalue weighted by atomic mass is 16.4. The van der Waals surface area contributed by atoms with Gasteiger partial charge in [-0.25, -0.2) is 4.79 Å². The number of benzene rings is 1. The van der Waals surface area contributed by atoms with Crippen molar-refractivity contribution < 1.29 is 15.0 Å². The Bertz CT molecular complexity index is 450. The van der Waals surface area contributed by atoms with Gasteiger partial charge in [-0.3, -0.25) is 0 Å². The Labute approximate surface area is 121 Å². The molecule has 0 saturated carbocycles. The molecule has 0 bridgehead atoms. The third kappa shape index (κ3) is 5.24. The van der Waals surface area contributed by atoms with Crippen LogP contribution in [-0.4, -0.2) is 16.2 Å². The first-order valence-corrected chi connectivity index (χ1v) is 7.47. The Hall–Kier alpha value is -1.51. The summed E-state index contributed by atoms with van der Waals surface area (Å²) in [6.45, 7) is 6.33. The van der Waals surface area contributed by atoms with Gasteiger partial charge in [-0.05, 0) is 42.9 Å². The topological polar surface area (TPSA) is 57.5 Å². The maximum Gasteiger partial charge on any atom is 0.339 e. The minimum absolute atomic E-state index is 0.0137. The molecule has 0 aromatic heterocycles. The summed E-state index contributed by atoms with van der Waals surface area (Å²) >= 11 is 0. The average molecular weight is 278 g/mol. The molecule has 112 valence electrons. The monoisotopic (exact) mass is 278 g/mol. The van der Waals surface area contributed by atoms with Crippen LogP contribution in [0.4, 0.5) is 0 Å². The zero-order valence-electron chi connectivity index (χ0n) is 12.8. The fourth-order valence-electron chi connectivity index (χ4n) is 2.43. The summed E-state index contributed by atoms with van der Waals surface area (Å²) in [7, 11) is 0. The average Bonchev–Trinajstić information content (AvgIpc) is 2.36. The van der Waals surface area contributed by atoms with E-state index in [-0.39, 0.29) is 11.3 Å². The molecule has 20 heavy (non-hydrogen) atoms. The van der Waals surface area contributed by atoms with Gasteiger partial charge in [0, 0.05) is 0 Å². The van der Waals surface area contributed by atoms with Crippen LogP contribution in [0.2, 0.25) is 0 Å². The molecule has 3 nitrogen and oxygen atoms in total. The van der Waals surface area contributed by atoms with Crippen molar-refractivity contribution in [1.82, 2.24) is 0 Å². The summed E-state index contributed by atoms with van der Waals surface area (Å²) in [5.41, 5.74) is 1.65. The van der Waals surface area contributed by atoms with Crippen LogP contribution in [0, 0.1) is 12.8 Å². The number of hydrogen-bond donors (Lipinski definition) is 2. The lowest BCUT2D eigenvalue weighted by Gasteiger charge is -2.09. The Morgan fingerprint density at radius 3 is 2.40 bits per heavy atom. The number of carboxylic acid groups (broad SMARTS) is 1. The van der Waals surface area contributed by atoms with E-state index in [0.717, 1.165) is 36.3 Å². The molecule has 0 spiro atoms.